The highest BCUT2D eigenvalue weighted by Crippen LogP contribution is 2.19. The molecule has 4 heteroatoms. The van der Waals surface area contributed by atoms with Crippen molar-refractivity contribution in [3.05, 3.63) is 0 Å². The van der Waals surface area contributed by atoms with Gasteiger partial charge in [-0.1, -0.05) is 27.2 Å². The molecule has 0 aliphatic heterocycles. The van der Waals surface area contributed by atoms with Gasteiger partial charge in [0, 0.05) is 11.9 Å². The van der Waals surface area contributed by atoms with Gasteiger partial charge in [0.2, 0.25) is 0 Å². The van der Waals surface area contributed by atoms with Gasteiger partial charge in [0.05, 0.1) is 6.61 Å². The summed E-state index contributed by atoms with van der Waals surface area (Å²) in [5.74, 6) is -0.170. The predicted octanol–water partition coefficient (Wildman–Crippen LogP) is 1.18. The third-order valence-corrected chi connectivity index (χ3v) is 1.72. The summed E-state index contributed by atoms with van der Waals surface area (Å²) in [5.41, 5.74) is 0. The number of carbonyl (C=O) groups is 1. The molecule has 0 saturated heterocycles. The van der Waals surface area contributed by atoms with Gasteiger partial charge in [0.1, 0.15) is 14.5 Å². The molecule has 82 valence electrons. The third kappa shape index (κ3) is 6.95. The van der Waals surface area contributed by atoms with E-state index in [0.717, 1.165) is 19.4 Å². The molecule has 0 aliphatic carbocycles. The number of carbonyl (C=O) groups excluding carboxylic acids is 1. The van der Waals surface area contributed by atoms with Gasteiger partial charge in [0.15, 0.2) is 0 Å². The zero-order valence-electron chi connectivity index (χ0n) is 9.76. The Labute approximate surface area is 87.6 Å². The minimum Gasteiger partial charge on any atom is -0.463 e. The van der Waals surface area contributed by atoms with E-state index >= 15 is 0 Å². The molecule has 0 spiro atoms. The van der Waals surface area contributed by atoms with E-state index in [9.17, 15) is 4.79 Å². The predicted molar refractivity (Wildman–Crippen MR) is 59.3 cm³/mol. The lowest BCUT2D eigenvalue weighted by Gasteiger charge is -2.16. The Bertz CT molecular complexity index is 163. The van der Waals surface area contributed by atoms with E-state index < -0.39 is 5.31 Å². The largest absolute Gasteiger partial charge is 0.463 e. The van der Waals surface area contributed by atoms with E-state index in [0.29, 0.717) is 13.2 Å². The maximum atomic E-state index is 11.3. The Morgan fingerprint density at radius 2 is 1.93 bits per heavy atom. The molecule has 0 aromatic carbocycles. The number of ether oxygens (including phenoxy) is 2. The number of rotatable bonds is 7. The minimum absolute atomic E-state index is 0.170. The van der Waals surface area contributed by atoms with E-state index in [4.69, 9.17) is 9.47 Å². The highest BCUT2D eigenvalue weighted by Gasteiger charge is 2.22. The molecule has 0 bridgehead atoms. The summed E-state index contributed by atoms with van der Waals surface area (Å²) in [5, 5.41) is -0.413. The second-order valence-electron chi connectivity index (χ2n) is 4.35. The van der Waals surface area contributed by atoms with Crippen molar-refractivity contribution in [2.45, 2.75) is 38.9 Å². The van der Waals surface area contributed by atoms with Crippen molar-refractivity contribution < 1.29 is 14.3 Å². The maximum Gasteiger partial charge on any atom is 0.303 e. The first kappa shape index (κ1) is 13.5. The highest BCUT2D eigenvalue weighted by molar-refractivity contribution is 6.26. The molecule has 0 atom stereocenters. The molecule has 0 fully saturated rings. The van der Waals surface area contributed by atoms with Gasteiger partial charge in [-0.05, 0) is 6.42 Å². The van der Waals surface area contributed by atoms with Crippen LogP contribution in [0.4, 0.5) is 0 Å². The lowest BCUT2D eigenvalue weighted by Crippen LogP contribution is -2.22. The molecule has 0 unspecified atom stereocenters. The first-order valence-corrected chi connectivity index (χ1v) is 5.23. The summed E-state index contributed by atoms with van der Waals surface area (Å²) in [4.78, 5) is 11.3. The number of hydrogen-bond acceptors (Lipinski definition) is 3. The second kappa shape index (κ2) is 6.88. The molecule has 0 heterocycles. The minimum atomic E-state index is -0.413. The summed E-state index contributed by atoms with van der Waals surface area (Å²) < 4.78 is 10.3. The summed E-state index contributed by atoms with van der Waals surface area (Å²) in [7, 11) is 1.84. The van der Waals surface area contributed by atoms with Crippen molar-refractivity contribution in [1.29, 1.82) is 0 Å². The van der Waals surface area contributed by atoms with Crippen molar-refractivity contribution >= 4 is 13.8 Å². The molecular weight excluding hydrogens is 179 g/mol. The molecule has 14 heavy (non-hydrogen) atoms. The standard InChI is InChI=1S/C10H21BO3/c1-4-5-6-13-7-8-14-9(12)10(2,3)11/h4-8,11H2,1-3H3. The molecule has 0 rings (SSSR count). The average Bonchev–Trinajstić information content (AvgIpc) is 2.09. The molecule has 0 radical (unpaired) electrons. The van der Waals surface area contributed by atoms with Crippen LogP contribution in [0.25, 0.3) is 0 Å². The van der Waals surface area contributed by atoms with Gasteiger partial charge >= 0.3 is 5.97 Å². The summed E-state index contributed by atoms with van der Waals surface area (Å²) in [6, 6.07) is 0. The van der Waals surface area contributed by atoms with E-state index in [1.807, 2.05) is 21.7 Å². The first-order valence-electron chi connectivity index (χ1n) is 5.23. The van der Waals surface area contributed by atoms with Crippen molar-refractivity contribution in [2.75, 3.05) is 19.8 Å². The Hall–Kier alpha value is -0.505. The van der Waals surface area contributed by atoms with Crippen LogP contribution in [0.15, 0.2) is 0 Å². The number of unbranched alkanes of at least 4 members (excludes halogenated alkanes) is 1. The van der Waals surface area contributed by atoms with Crippen LogP contribution >= 0.6 is 0 Å². The fourth-order valence-corrected chi connectivity index (χ4v) is 0.758. The van der Waals surface area contributed by atoms with Crippen molar-refractivity contribution in [1.82, 2.24) is 0 Å². The fourth-order valence-electron chi connectivity index (χ4n) is 0.758. The molecule has 0 aromatic heterocycles. The van der Waals surface area contributed by atoms with Crippen LogP contribution in [0.3, 0.4) is 0 Å². The molecule has 0 N–H and O–H groups in total. The first-order chi connectivity index (χ1) is 6.48. The normalized spacial score (nSPS) is 11.4. The molecular formula is C10H21BO3. The Morgan fingerprint density at radius 1 is 1.29 bits per heavy atom. The Kier molecular flexibility index (Phi) is 6.63. The van der Waals surface area contributed by atoms with Gasteiger partial charge < -0.3 is 9.47 Å². The van der Waals surface area contributed by atoms with E-state index in [1.54, 1.807) is 0 Å². The smallest absolute Gasteiger partial charge is 0.303 e. The van der Waals surface area contributed by atoms with Crippen LogP contribution in [0.5, 0.6) is 0 Å². The second-order valence-corrected chi connectivity index (χ2v) is 4.35. The monoisotopic (exact) mass is 200 g/mol. The van der Waals surface area contributed by atoms with Crippen LogP contribution in [0.2, 0.25) is 5.31 Å². The van der Waals surface area contributed by atoms with Crippen LogP contribution in [-0.4, -0.2) is 33.6 Å². The zero-order chi connectivity index (χ0) is 11.0. The summed E-state index contributed by atoms with van der Waals surface area (Å²) in [6.07, 6.45) is 2.19. The van der Waals surface area contributed by atoms with Crippen molar-refractivity contribution in [2.24, 2.45) is 0 Å². The fraction of sp³-hybridized carbons (Fsp3) is 0.900. The maximum absolute atomic E-state index is 11.3. The summed E-state index contributed by atoms with van der Waals surface area (Å²) in [6.45, 7) is 7.41. The lowest BCUT2D eigenvalue weighted by molar-refractivity contribution is -0.147. The molecule has 0 amide bonds. The van der Waals surface area contributed by atoms with Crippen LogP contribution in [0.1, 0.15) is 33.6 Å². The van der Waals surface area contributed by atoms with E-state index in [2.05, 4.69) is 6.92 Å². The number of esters is 1. The Morgan fingerprint density at radius 3 is 2.43 bits per heavy atom. The number of hydrogen-bond donors (Lipinski definition) is 0. The molecule has 3 nitrogen and oxygen atoms in total. The summed E-state index contributed by atoms with van der Waals surface area (Å²) >= 11 is 0. The average molecular weight is 200 g/mol. The van der Waals surface area contributed by atoms with Gasteiger partial charge in [0.25, 0.3) is 0 Å². The molecule has 0 saturated carbocycles. The van der Waals surface area contributed by atoms with Crippen molar-refractivity contribution in [3.8, 4) is 0 Å². The van der Waals surface area contributed by atoms with Crippen LogP contribution in [0, 0.1) is 0 Å². The lowest BCUT2D eigenvalue weighted by atomic mass is 9.73. The Balaban J connectivity index is 3.33. The van der Waals surface area contributed by atoms with E-state index in [-0.39, 0.29) is 5.97 Å². The van der Waals surface area contributed by atoms with Crippen molar-refractivity contribution in [3.63, 3.8) is 0 Å². The topological polar surface area (TPSA) is 35.5 Å². The highest BCUT2D eigenvalue weighted by atomic mass is 16.6. The van der Waals surface area contributed by atoms with E-state index in [1.165, 1.54) is 0 Å². The molecule has 0 aliphatic rings. The third-order valence-electron chi connectivity index (χ3n) is 1.72. The van der Waals surface area contributed by atoms with Gasteiger partial charge in [-0.2, -0.15) is 0 Å². The quantitative estimate of drug-likeness (QED) is 0.351. The zero-order valence-corrected chi connectivity index (χ0v) is 9.76. The SMILES string of the molecule is BC(C)(C)C(=O)OCCOCCCC. The molecule has 0 aromatic rings. The van der Waals surface area contributed by atoms with Crippen LogP contribution < -0.4 is 0 Å². The van der Waals surface area contributed by atoms with Gasteiger partial charge in [-0.15, -0.1) is 0 Å². The van der Waals surface area contributed by atoms with Gasteiger partial charge in [-0.3, -0.25) is 4.79 Å². The van der Waals surface area contributed by atoms with Crippen LogP contribution in [-0.2, 0) is 14.3 Å². The van der Waals surface area contributed by atoms with Gasteiger partial charge in [-0.25, -0.2) is 0 Å².